The Morgan fingerprint density at radius 2 is 1.71 bits per heavy atom. The SMILES string of the molecule is CC1=[C-]C(C)(C)C(C)=C1C.CC[Si]1(C2=[C-]CC=C2)CCC1.[Cl-].[Cl-].[Zr+4]. The number of hydrogen-bond donors (Lipinski definition) is 0. The molecule has 0 aromatic rings. The molecule has 4 heteroatoms. The molecular weight excluding hydrogens is 430 g/mol. The van der Waals surface area contributed by atoms with Crippen LogP contribution in [0.15, 0.2) is 34.1 Å². The van der Waals surface area contributed by atoms with Gasteiger partial charge in [-0.15, -0.1) is 13.3 Å². The van der Waals surface area contributed by atoms with Crippen LogP contribution in [0.3, 0.4) is 0 Å². The summed E-state index contributed by atoms with van der Waals surface area (Å²) < 4.78 is 0. The van der Waals surface area contributed by atoms with Gasteiger partial charge in [0, 0.05) is 8.07 Å². The average molecular weight is 461 g/mol. The van der Waals surface area contributed by atoms with Gasteiger partial charge in [0.1, 0.15) is 0 Å². The monoisotopic (exact) mass is 458 g/mol. The van der Waals surface area contributed by atoms with Gasteiger partial charge >= 0.3 is 26.2 Å². The van der Waals surface area contributed by atoms with Crippen molar-refractivity contribution in [1.29, 1.82) is 0 Å². The fourth-order valence-corrected chi connectivity index (χ4v) is 7.37. The molecule has 0 N–H and O–H groups in total. The van der Waals surface area contributed by atoms with Gasteiger partial charge in [-0.2, -0.15) is 17.2 Å². The molecule has 0 saturated carbocycles. The molecule has 132 valence electrons. The van der Waals surface area contributed by atoms with Crippen LogP contribution in [0.2, 0.25) is 18.1 Å². The first kappa shape index (κ1) is 26.9. The van der Waals surface area contributed by atoms with E-state index in [0.717, 1.165) is 6.42 Å². The Morgan fingerprint density at radius 1 is 1.12 bits per heavy atom. The molecular formula is C20H30Cl2SiZr. The van der Waals surface area contributed by atoms with Crippen molar-refractivity contribution in [2.45, 2.75) is 72.5 Å². The third-order valence-electron chi connectivity index (χ3n) is 5.82. The van der Waals surface area contributed by atoms with Gasteiger partial charge in [-0.05, 0) is 0 Å². The van der Waals surface area contributed by atoms with Gasteiger partial charge in [0.05, 0.1) is 0 Å². The molecule has 0 radical (unpaired) electrons. The van der Waals surface area contributed by atoms with Gasteiger partial charge in [0.25, 0.3) is 0 Å². The van der Waals surface area contributed by atoms with Crippen molar-refractivity contribution in [3.05, 3.63) is 46.2 Å². The first-order chi connectivity index (χ1) is 9.82. The Bertz CT molecular complexity index is 532. The number of rotatable bonds is 2. The van der Waals surface area contributed by atoms with E-state index in [0.29, 0.717) is 0 Å². The predicted octanol–water partition coefficient (Wildman–Crippen LogP) is 0.205. The Balaban J connectivity index is 0. The van der Waals surface area contributed by atoms with Crippen molar-refractivity contribution in [2.24, 2.45) is 5.41 Å². The molecule has 3 rings (SSSR count). The summed E-state index contributed by atoms with van der Waals surface area (Å²) in [5.74, 6) is 0. The van der Waals surface area contributed by atoms with Crippen LogP contribution < -0.4 is 24.8 Å². The quantitative estimate of drug-likeness (QED) is 0.408. The van der Waals surface area contributed by atoms with E-state index in [1.807, 2.05) is 0 Å². The van der Waals surface area contributed by atoms with Crippen molar-refractivity contribution >= 4 is 8.07 Å². The summed E-state index contributed by atoms with van der Waals surface area (Å²) in [6, 6.07) is 4.52. The summed E-state index contributed by atoms with van der Waals surface area (Å²) in [6.45, 7) is 13.3. The van der Waals surface area contributed by atoms with Gasteiger partial charge in [-0.3, -0.25) is 12.2 Å². The van der Waals surface area contributed by atoms with Crippen LogP contribution in [-0.4, -0.2) is 8.07 Å². The first-order valence-corrected chi connectivity index (χ1v) is 11.0. The maximum Gasteiger partial charge on any atom is 4.00 e. The standard InChI is InChI=1S/C10H15Si.C10H15.2ClH.Zr/c1-2-11(8-5-9-11)10-6-3-4-7-10;1-7-6-10(4,5)9(3)8(7)2;;;/h3,6H,2,4-5,8-9H2,1H3;1-5H3;2*1H;/q2*-1;;;+4/p-2. The summed E-state index contributed by atoms with van der Waals surface area (Å²) in [6.07, 6.45) is 14.1. The topological polar surface area (TPSA) is 0 Å². The van der Waals surface area contributed by atoms with Crippen molar-refractivity contribution in [3.63, 3.8) is 0 Å². The van der Waals surface area contributed by atoms with Crippen molar-refractivity contribution in [1.82, 2.24) is 0 Å². The van der Waals surface area contributed by atoms with Crippen LogP contribution in [0, 0.1) is 17.6 Å². The summed E-state index contributed by atoms with van der Waals surface area (Å²) in [5.41, 5.74) is 4.39. The minimum atomic E-state index is -0.865. The van der Waals surface area contributed by atoms with Gasteiger partial charge in [0.15, 0.2) is 0 Å². The molecule has 24 heavy (non-hydrogen) atoms. The van der Waals surface area contributed by atoms with Crippen molar-refractivity contribution in [3.8, 4) is 0 Å². The van der Waals surface area contributed by atoms with Gasteiger partial charge in [-0.1, -0.05) is 64.6 Å². The fraction of sp³-hybridized carbons (Fsp3) is 0.600. The molecule has 1 saturated heterocycles. The average Bonchev–Trinajstić information content (AvgIpc) is 2.95. The summed E-state index contributed by atoms with van der Waals surface area (Å²) in [4.78, 5) is 0. The maximum atomic E-state index is 3.52. The van der Waals surface area contributed by atoms with Crippen molar-refractivity contribution in [2.75, 3.05) is 0 Å². The molecule has 0 bridgehead atoms. The normalized spacial score (nSPS) is 21.9. The Hall–Kier alpha value is 0.640. The first-order valence-electron chi connectivity index (χ1n) is 8.40. The van der Waals surface area contributed by atoms with Crippen LogP contribution in [-0.2, 0) is 26.2 Å². The second kappa shape index (κ2) is 10.7. The smallest absolute Gasteiger partial charge is 1.00 e. The molecule has 0 amide bonds. The van der Waals surface area contributed by atoms with Crippen molar-refractivity contribution < 1.29 is 51.0 Å². The zero-order valence-corrected chi connectivity index (χ0v) is 20.9. The second-order valence-electron chi connectivity index (χ2n) is 7.31. The Labute approximate surface area is 182 Å². The van der Waals surface area contributed by atoms with Crippen LogP contribution in [0.1, 0.15) is 54.4 Å². The molecule has 0 atom stereocenters. The largest absolute Gasteiger partial charge is 4.00 e. The van der Waals surface area contributed by atoms with Crippen LogP contribution in [0.25, 0.3) is 0 Å². The molecule has 1 heterocycles. The summed E-state index contributed by atoms with van der Waals surface area (Å²) >= 11 is 0. The van der Waals surface area contributed by atoms with Crippen LogP contribution >= 0.6 is 0 Å². The number of allylic oxidation sites excluding steroid dienone is 8. The van der Waals surface area contributed by atoms with E-state index >= 15 is 0 Å². The minimum Gasteiger partial charge on any atom is -1.00 e. The van der Waals surface area contributed by atoms with Gasteiger partial charge in [0.2, 0.25) is 0 Å². The van der Waals surface area contributed by atoms with E-state index in [1.54, 1.807) is 5.20 Å². The summed E-state index contributed by atoms with van der Waals surface area (Å²) in [5, 5.41) is 1.64. The maximum absolute atomic E-state index is 3.52. The molecule has 0 unspecified atom stereocenters. The van der Waals surface area contributed by atoms with E-state index in [4.69, 9.17) is 0 Å². The summed E-state index contributed by atoms with van der Waals surface area (Å²) in [7, 11) is -0.865. The fourth-order valence-electron chi connectivity index (χ4n) is 3.59. The molecule has 3 aliphatic rings. The van der Waals surface area contributed by atoms with E-state index in [1.165, 1.54) is 41.3 Å². The van der Waals surface area contributed by atoms with Crippen LogP contribution in [0.4, 0.5) is 0 Å². The Morgan fingerprint density at radius 3 is 1.92 bits per heavy atom. The Kier molecular flexibility index (Phi) is 12.0. The van der Waals surface area contributed by atoms with Gasteiger partial charge in [-0.25, -0.2) is 16.8 Å². The third kappa shape index (κ3) is 5.57. The number of halogens is 2. The zero-order valence-electron chi connectivity index (χ0n) is 15.9. The molecule has 2 aliphatic carbocycles. The predicted molar refractivity (Wildman–Crippen MR) is 95.6 cm³/mol. The molecule has 0 nitrogen and oxygen atoms in total. The molecule has 1 aliphatic heterocycles. The van der Waals surface area contributed by atoms with E-state index in [9.17, 15) is 0 Å². The molecule has 0 aromatic heterocycles. The molecule has 1 fully saturated rings. The van der Waals surface area contributed by atoms with E-state index in [-0.39, 0.29) is 56.4 Å². The van der Waals surface area contributed by atoms with Crippen LogP contribution in [0.5, 0.6) is 0 Å². The number of hydrogen-bond acceptors (Lipinski definition) is 0. The van der Waals surface area contributed by atoms with E-state index < -0.39 is 8.07 Å². The zero-order chi connectivity index (χ0) is 15.7. The van der Waals surface area contributed by atoms with E-state index in [2.05, 4.69) is 65.8 Å². The second-order valence-corrected chi connectivity index (χ2v) is 12.1. The third-order valence-corrected chi connectivity index (χ3v) is 11.3. The minimum absolute atomic E-state index is 0. The van der Waals surface area contributed by atoms with Gasteiger partial charge < -0.3 is 24.8 Å². The molecule has 0 aromatic carbocycles. The molecule has 0 spiro atoms.